The average molecular weight is 445 g/mol. The Balaban J connectivity index is 1.41. The summed E-state index contributed by atoms with van der Waals surface area (Å²) in [4.78, 5) is 38.1. The minimum Gasteiger partial charge on any atom is -0.455 e. The summed E-state index contributed by atoms with van der Waals surface area (Å²) in [5.74, 6) is -2.66. The van der Waals surface area contributed by atoms with Crippen LogP contribution in [-0.4, -0.2) is 24.3 Å². The zero-order valence-electron chi connectivity index (χ0n) is 17.1. The molecular formula is C24H22F3NO4. The number of ether oxygens (including phenoxy) is 1. The first-order valence-corrected chi connectivity index (χ1v) is 10.5. The number of amides is 1. The second kappa shape index (κ2) is 8.76. The van der Waals surface area contributed by atoms with E-state index in [4.69, 9.17) is 4.74 Å². The third-order valence-corrected chi connectivity index (χ3v) is 6.40. The fraction of sp³-hybridized carbons (Fsp3) is 0.375. The number of anilines is 1. The molecule has 0 aliphatic heterocycles. The van der Waals surface area contributed by atoms with Gasteiger partial charge in [-0.1, -0.05) is 42.5 Å². The van der Waals surface area contributed by atoms with E-state index in [9.17, 15) is 27.6 Å². The van der Waals surface area contributed by atoms with E-state index >= 15 is 0 Å². The molecular weight excluding hydrogens is 423 g/mol. The normalized spacial score (nSPS) is 24.2. The van der Waals surface area contributed by atoms with Crippen LogP contribution in [0.4, 0.5) is 18.9 Å². The summed E-state index contributed by atoms with van der Waals surface area (Å²) in [7, 11) is 0. The topological polar surface area (TPSA) is 72.5 Å². The Morgan fingerprint density at radius 1 is 0.906 bits per heavy atom. The molecule has 1 N–H and O–H groups in total. The van der Waals surface area contributed by atoms with Gasteiger partial charge < -0.3 is 10.1 Å². The van der Waals surface area contributed by atoms with Gasteiger partial charge in [-0.25, -0.2) is 0 Å². The quantitative estimate of drug-likeness (QED) is 0.515. The highest BCUT2D eigenvalue weighted by Crippen LogP contribution is 2.53. The van der Waals surface area contributed by atoms with Crippen LogP contribution in [0.3, 0.4) is 0 Å². The van der Waals surface area contributed by atoms with E-state index in [1.165, 1.54) is 12.1 Å². The minimum atomic E-state index is -4.63. The first-order chi connectivity index (χ1) is 15.3. The lowest BCUT2D eigenvalue weighted by Gasteiger charge is -2.28. The van der Waals surface area contributed by atoms with E-state index in [1.54, 1.807) is 30.3 Å². The summed E-state index contributed by atoms with van der Waals surface area (Å²) >= 11 is 0. The van der Waals surface area contributed by atoms with Gasteiger partial charge in [0.15, 0.2) is 12.4 Å². The Labute approximate surface area is 183 Å². The molecule has 0 aromatic heterocycles. The number of fused-ring (bicyclic) bond motifs is 2. The summed E-state index contributed by atoms with van der Waals surface area (Å²) in [6.45, 7) is -0.717. The van der Waals surface area contributed by atoms with Crippen molar-refractivity contribution < 1.29 is 32.3 Å². The number of rotatable bonds is 6. The molecule has 168 valence electrons. The number of nitrogens with one attached hydrogen (secondary N) is 1. The Morgan fingerprint density at radius 3 is 2.22 bits per heavy atom. The number of hydrogen-bond donors (Lipinski definition) is 1. The number of alkyl halides is 3. The van der Waals surface area contributed by atoms with Gasteiger partial charge in [-0.05, 0) is 43.2 Å². The smallest absolute Gasteiger partial charge is 0.418 e. The second-order valence-corrected chi connectivity index (χ2v) is 8.31. The standard InChI is InChI=1S/C24H22F3NO4/c25-24(26,27)17-8-4-5-9-18(17)28-19(29)13-32-23(31)21-16-11-10-15(12-16)20(21)22(30)14-6-2-1-3-7-14/h1-9,15-16,20-21H,10-13H2,(H,28,29)/t15-,16-,20+,21+/m0/s1. The number of ketones is 1. The maximum Gasteiger partial charge on any atom is 0.418 e. The van der Waals surface area contributed by atoms with Gasteiger partial charge in [-0.2, -0.15) is 13.2 Å². The molecule has 0 heterocycles. The molecule has 2 saturated carbocycles. The number of para-hydroxylation sites is 1. The van der Waals surface area contributed by atoms with E-state index in [-0.39, 0.29) is 17.6 Å². The van der Waals surface area contributed by atoms with E-state index in [2.05, 4.69) is 5.32 Å². The minimum absolute atomic E-state index is 0.0131. The largest absolute Gasteiger partial charge is 0.455 e. The van der Waals surface area contributed by atoms with E-state index in [1.807, 2.05) is 0 Å². The van der Waals surface area contributed by atoms with Gasteiger partial charge in [0, 0.05) is 11.5 Å². The number of esters is 1. The van der Waals surface area contributed by atoms with Crippen molar-refractivity contribution in [1.82, 2.24) is 0 Å². The molecule has 2 aromatic carbocycles. The summed E-state index contributed by atoms with van der Waals surface area (Å²) in [5, 5.41) is 2.15. The molecule has 2 aliphatic rings. The number of hydrogen-bond acceptors (Lipinski definition) is 4. The molecule has 4 atom stereocenters. The van der Waals surface area contributed by atoms with Crippen LogP contribution in [0.15, 0.2) is 54.6 Å². The molecule has 2 aromatic rings. The molecule has 2 fully saturated rings. The first kappa shape index (κ1) is 22.0. The van der Waals surface area contributed by atoms with Crippen LogP contribution in [0.2, 0.25) is 0 Å². The van der Waals surface area contributed by atoms with Crippen molar-refractivity contribution in [1.29, 1.82) is 0 Å². The Kier molecular flexibility index (Phi) is 6.04. The van der Waals surface area contributed by atoms with Crippen molar-refractivity contribution in [2.45, 2.75) is 25.4 Å². The van der Waals surface area contributed by atoms with Crippen LogP contribution in [-0.2, 0) is 20.5 Å². The number of carbonyl (C=O) groups is 3. The Morgan fingerprint density at radius 2 is 1.53 bits per heavy atom. The van der Waals surface area contributed by atoms with Crippen LogP contribution in [0.5, 0.6) is 0 Å². The molecule has 0 saturated heterocycles. The molecule has 5 nitrogen and oxygen atoms in total. The van der Waals surface area contributed by atoms with Gasteiger partial charge >= 0.3 is 12.1 Å². The molecule has 2 bridgehead atoms. The van der Waals surface area contributed by atoms with Gasteiger partial charge in [0.25, 0.3) is 5.91 Å². The Bertz CT molecular complexity index is 1020. The molecule has 4 rings (SSSR count). The summed E-state index contributed by atoms with van der Waals surface area (Å²) in [5.41, 5.74) is -0.858. The van der Waals surface area contributed by atoms with Gasteiger partial charge in [0.1, 0.15) is 0 Å². The van der Waals surface area contributed by atoms with E-state index in [0.29, 0.717) is 5.56 Å². The fourth-order valence-electron chi connectivity index (χ4n) is 5.06. The second-order valence-electron chi connectivity index (χ2n) is 8.31. The van der Waals surface area contributed by atoms with E-state index in [0.717, 1.165) is 31.4 Å². The molecule has 0 unspecified atom stereocenters. The van der Waals surface area contributed by atoms with Gasteiger partial charge in [0.2, 0.25) is 0 Å². The predicted molar refractivity (Wildman–Crippen MR) is 110 cm³/mol. The number of Topliss-reactive ketones (excluding diaryl/α,β-unsaturated/α-hetero) is 1. The molecule has 32 heavy (non-hydrogen) atoms. The highest BCUT2D eigenvalue weighted by atomic mass is 19.4. The summed E-state index contributed by atoms with van der Waals surface area (Å²) in [6, 6.07) is 13.3. The first-order valence-electron chi connectivity index (χ1n) is 10.5. The van der Waals surface area contributed by atoms with Crippen molar-refractivity contribution in [2.75, 3.05) is 11.9 Å². The molecule has 8 heteroatoms. The fourth-order valence-corrected chi connectivity index (χ4v) is 5.06. The highest BCUT2D eigenvalue weighted by Gasteiger charge is 2.54. The molecule has 0 spiro atoms. The predicted octanol–water partition coefficient (Wildman–Crippen LogP) is 4.73. The Hall–Kier alpha value is -3.16. The van der Waals surface area contributed by atoms with Crippen molar-refractivity contribution >= 4 is 23.3 Å². The van der Waals surface area contributed by atoms with Crippen LogP contribution >= 0.6 is 0 Å². The van der Waals surface area contributed by atoms with Crippen molar-refractivity contribution in [3.63, 3.8) is 0 Å². The van der Waals surface area contributed by atoms with Gasteiger partial charge in [-0.15, -0.1) is 0 Å². The van der Waals surface area contributed by atoms with Crippen LogP contribution in [0.1, 0.15) is 35.2 Å². The third kappa shape index (κ3) is 4.40. The monoisotopic (exact) mass is 445 g/mol. The van der Waals surface area contributed by atoms with Gasteiger partial charge in [-0.3, -0.25) is 14.4 Å². The SMILES string of the molecule is O=C(COC(=O)[C@@H]1[C@H]2CC[C@@H](C2)[C@H]1C(=O)c1ccccc1)Nc1ccccc1C(F)(F)F. The molecule has 2 aliphatic carbocycles. The van der Waals surface area contributed by atoms with Crippen LogP contribution in [0.25, 0.3) is 0 Å². The van der Waals surface area contributed by atoms with Crippen molar-refractivity contribution in [3.8, 4) is 0 Å². The number of halogens is 3. The van der Waals surface area contributed by atoms with Gasteiger partial charge in [0.05, 0.1) is 17.2 Å². The third-order valence-electron chi connectivity index (χ3n) is 6.40. The van der Waals surface area contributed by atoms with Crippen LogP contribution < -0.4 is 5.32 Å². The average Bonchev–Trinajstić information content (AvgIpc) is 3.39. The van der Waals surface area contributed by atoms with E-state index < -0.39 is 47.7 Å². The van der Waals surface area contributed by atoms with Crippen LogP contribution in [0, 0.1) is 23.7 Å². The summed E-state index contributed by atoms with van der Waals surface area (Å²) < 4.78 is 44.5. The van der Waals surface area contributed by atoms with Crippen molar-refractivity contribution in [3.05, 3.63) is 65.7 Å². The molecule has 0 radical (unpaired) electrons. The zero-order chi connectivity index (χ0) is 22.9. The lowest BCUT2D eigenvalue weighted by atomic mass is 9.75. The lowest BCUT2D eigenvalue weighted by Crippen LogP contribution is -2.37. The maximum atomic E-state index is 13.1. The van der Waals surface area contributed by atoms with Crippen molar-refractivity contribution in [2.24, 2.45) is 23.7 Å². The number of carbonyl (C=O) groups excluding carboxylic acids is 3. The number of benzene rings is 2. The maximum absolute atomic E-state index is 13.1. The summed E-state index contributed by atoms with van der Waals surface area (Å²) in [6.07, 6.45) is -2.19. The lowest BCUT2D eigenvalue weighted by molar-refractivity contribution is -0.154. The zero-order valence-corrected chi connectivity index (χ0v) is 17.1. The molecule has 1 amide bonds. The highest BCUT2D eigenvalue weighted by molar-refractivity contribution is 6.01.